The Bertz CT molecular complexity index is 590. The summed E-state index contributed by atoms with van der Waals surface area (Å²) in [5, 5.41) is 3.36. The van der Waals surface area contributed by atoms with Crippen LogP contribution in [0.1, 0.15) is 17.9 Å². The van der Waals surface area contributed by atoms with Gasteiger partial charge in [-0.2, -0.15) is 0 Å². The smallest absolute Gasteiger partial charge is 0.193 e. The van der Waals surface area contributed by atoms with Crippen LogP contribution in [0.3, 0.4) is 0 Å². The molecule has 0 spiro atoms. The van der Waals surface area contributed by atoms with Crippen LogP contribution in [-0.2, 0) is 24.9 Å². The van der Waals surface area contributed by atoms with E-state index >= 15 is 0 Å². The third kappa shape index (κ3) is 5.49. The summed E-state index contributed by atoms with van der Waals surface area (Å²) in [7, 11) is 5.89. The van der Waals surface area contributed by atoms with Crippen molar-refractivity contribution in [2.45, 2.75) is 19.6 Å². The van der Waals surface area contributed by atoms with E-state index in [1.165, 1.54) is 5.69 Å². The normalized spacial score (nSPS) is 11.7. The average Bonchev–Trinajstić information content (AvgIpc) is 3.19. The summed E-state index contributed by atoms with van der Waals surface area (Å²) in [6.45, 7) is 2.85. The second-order valence-electron chi connectivity index (χ2n) is 5.43. The number of aliphatic imine (C=N–C) groups is 1. The molecular weight excluding hydrogens is 292 g/mol. The molecule has 0 atom stereocenters. The standard InChI is InChI=1S/C17H26N4O2/c1-18-17(21(3)13-15-7-4-10-20(15)2)19-9-6-11-22-14-16-8-5-12-23-16/h4-5,7-8,10,12H,6,9,11,13-14H2,1-3H3,(H,18,19). The van der Waals surface area contributed by atoms with Gasteiger partial charge in [0.15, 0.2) is 5.96 Å². The molecule has 0 unspecified atom stereocenters. The van der Waals surface area contributed by atoms with E-state index in [2.05, 4.69) is 45.2 Å². The number of ether oxygens (including phenoxy) is 1. The molecule has 0 fully saturated rings. The molecule has 0 amide bonds. The van der Waals surface area contributed by atoms with Crippen LogP contribution in [0.5, 0.6) is 0 Å². The third-order valence-corrected chi connectivity index (χ3v) is 3.60. The van der Waals surface area contributed by atoms with E-state index in [0.717, 1.165) is 31.2 Å². The largest absolute Gasteiger partial charge is 0.467 e. The van der Waals surface area contributed by atoms with Gasteiger partial charge in [-0.25, -0.2) is 0 Å². The lowest BCUT2D eigenvalue weighted by Gasteiger charge is -2.22. The van der Waals surface area contributed by atoms with Gasteiger partial charge in [-0.1, -0.05) is 0 Å². The SMILES string of the molecule is CN=C(NCCCOCc1ccco1)N(C)Cc1cccn1C. The second-order valence-corrected chi connectivity index (χ2v) is 5.43. The molecule has 0 radical (unpaired) electrons. The van der Waals surface area contributed by atoms with Gasteiger partial charge in [-0.3, -0.25) is 4.99 Å². The summed E-state index contributed by atoms with van der Waals surface area (Å²) < 4.78 is 12.9. The van der Waals surface area contributed by atoms with Crippen LogP contribution in [-0.4, -0.2) is 42.7 Å². The van der Waals surface area contributed by atoms with Crippen molar-refractivity contribution in [1.82, 2.24) is 14.8 Å². The highest BCUT2D eigenvalue weighted by molar-refractivity contribution is 5.79. The molecular formula is C17H26N4O2. The molecule has 0 bridgehead atoms. The minimum atomic E-state index is 0.523. The van der Waals surface area contributed by atoms with E-state index in [-0.39, 0.29) is 0 Å². The Labute approximate surface area is 137 Å². The van der Waals surface area contributed by atoms with Crippen LogP contribution in [0.4, 0.5) is 0 Å². The molecule has 2 aromatic heterocycles. The van der Waals surface area contributed by atoms with Crippen molar-refractivity contribution in [2.75, 3.05) is 27.2 Å². The molecule has 23 heavy (non-hydrogen) atoms. The fraction of sp³-hybridized carbons (Fsp3) is 0.471. The molecule has 0 aliphatic carbocycles. The molecule has 126 valence electrons. The van der Waals surface area contributed by atoms with E-state index < -0.39 is 0 Å². The summed E-state index contributed by atoms with van der Waals surface area (Å²) in [6, 6.07) is 7.95. The fourth-order valence-corrected chi connectivity index (χ4v) is 2.31. The van der Waals surface area contributed by atoms with Crippen molar-refractivity contribution in [3.63, 3.8) is 0 Å². The zero-order valence-electron chi connectivity index (χ0n) is 14.2. The predicted octanol–water partition coefficient (Wildman–Crippen LogP) is 2.23. The lowest BCUT2D eigenvalue weighted by molar-refractivity contribution is 0.104. The van der Waals surface area contributed by atoms with E-state index in [1.54, 1.807) is 13.3 Å². The summed E-state index contributed by atoms with van der Waals surface area (Å²) in [5.74, 6) is 1.74. The van der Waals surface area contributed by atoms with E-state index in [9.17, 15) is 0 Å². The van der Waals surface area contributed by atoms with Crippen molar-refractivity contribution in [1.29, 1.82) is 0 Å². The van der Waals surface area contributed by atoms with Gasteiger partial charge in [0.25, 0.3) is 0 Å². The van der Waals surface area contributed by atoms with Crippen LogP contribution in [0.25, 0.3) is 0 Å². The van der Waals surface area contributed by atoms with Gasteiger partial charge in [0.2, 0.25) is 0 Å². The summed E-state index contributed by atoms with van der Waals surface area (Å²) in [5.41, 5.74) is 1.25. The molecule has 2 rings (SSSR count). The minimum Gasteiger partial charge on any atom is -0.467 e. The van der Waals surface area contributed by atoms with E-state index in [4.69, 9.17) is 9.15 Å². The second kappa shape index (κ2) is 9.05. The number of nitrogens with zero attached hydrogens (tertiary/aromatic N) is 3. The lowest BCUT2D eigenvalue weighted by atomic mass is 10.4. The van der Waals surface area contributed by atoms with Crippen molar-refractivity contribution >= 4 is 5.96 Å². The first-order valence-electron chi connectivity index (χ1n) is 7.83. The van der Waals surface area contributed by atoms with Crippen molar-refractivity contribution in [2.24, 2.45) is 12.0 Å². The monoisotopic (exact) mass is 318 g/mol. The van der Waals surface area contributed by atoms with Crippen LogP contribution in [0.2, 0.25) is 0 Å². The molecule has 0 aromatic carbocycles. The maximum absolute atomic E-state index is 5.56. The zero-order valence-corrected chi connectivity index (χ0v) is 14.2. The molecule has 6 nitrogen and oxygen atoms in total. The minimum absolute atomic E-state index is 0.523. The highest BCUT2D eigenvalue weighted by atomic mass is 16.5. The molecule has 1 N–H and O–H groups in total. The van der Waals surface area contributed by atoms with Gasteiger partial charge in [-0.15, -0.1) is 0 Å². The van der Waals surface area contributed by atoms with Crippen LogP contribution in [0, 0.1) is 0 Å². The van der Waals surface area contributed by atoms with Gasteiger partial charge in [0.05, 0.1) is 12.8 Å². The molecule has 2 heterocycles. The molecule has 6 heteroatoms. The first kappa shape index (κ1) is 17.1. The van der Waals surface area contributed by atoms with Gasteiger partial charge < -0.3 is 23.9 Å². The first-order valence-corrected chi connectivity index (χ1v) is 7.83. The third-order valence-electron chi connectivity index (χ3n) is 3.60. The van der Waals surface area contributed by atoms with Crippen LogP contribution in [0.15, 0.2) is 46.1 Å². The molecule has 0 aliphatic rings. The molecule has 2 aromatic rings. The Hall–Kier alpha value is -2.21. The maximum Gasteiger partial charge on any atom is 0.193 e. The Balaban J connectivity index is 1.63. The Morgan fingerprint density at radius 1 is 1.39 bits per heavy atom. The number of rotatable bonds is 8. The number of aryl methyl sites for hydroxylation is 1. The highest BCUT2D eigenvalue weighted by Gasteiger charge is 2.07. The lowest BCUT2D eigenvalue weighted by Crippen LogP contribution is -2.39. The number of guanidine groups is 1. The first-order chi connectivity index (χ1) is 11.2. The summed E-state index contributed by atoms with van der Waals surface area (Å²) >= 11 is 0. The maximum atomic E-state index is 5.56. The van der Waals surface area contributed by atoms with Gasteiger partial charge in [0.1, 0.15) is 12.4 Å². The number of hydrogen-bond acceptors (Lipinski definition) is 3. The van der Waals surface area contributed by atoms with Crippen molar-refractivity contribution in [3.05, 3.63) is 48.2 Å². The van der Waals surface area contributed by atoms with E-state index in [0.29, 0.717) is 13.2 Å². The fourth-order valence-electron chi connectivity index (χ4n) is 2.31. The van der Waals surface area contributed by atoms with Crippen molar-refractivity contribution in [3.8, 4) is 0 Å². The number of furan rings is 1. The molecule has 0 saturated heterocycles. The van der Waals surface area contributed by atoms with E-state index in [1.807, 2.05) is 19.2 Å². The number of hydrogen-bond donors (Lipinski definition) is 1. The van der Waals surface area contributed by atoms with Crippen LogP contribution < -0.4 is 5.32 Å². The Kier molecular flexibility index (Phi) is 6.75. The topological polar surface area (TPSA) is 54.9 Å². The molecule has 0 aliphatic heterocycles. The summed E-state index contributed by atoms with van der Waals surface area (Å²) in [4.78, 5) is 6.43. The quantitative estimate of drug-likeness (QED) is 0.461. The highest BCUT2D eigenvalue weighted by Crippen LogP contribution is 2.04. The van der Waals surface area contributed by atoms with Crippen LogP contribution >= 0.6 is 0 Å². The number of aromatic nitrogens is 1. The predicted molar refractivity (Wildman–Crippen MR) is 91.2 cm³/mol. The average molecular weight is 318 g/mol. The van der Waals surface area contributed by atoms with Gasteiger partial charge in [-0.05, 0) is 30.7 Å². The Morgan fingerprint density at radius 3 is 2.91 bits per heavy atom. The Morgan fingerprint density at radius 2 is 2.26 bits per heavy atom. The molecule has 0 saturated carbocycles. The zero-order chi connectivity index (χ0) is 16.5. The summed E-state index contributed by atoms with van der Waals surface area (Å²) in [6.07, 6.45) is 4.63. The van der Waals surface area contributed by atoms with Crippen molar-refractivity contribution < 1.29 is 9.15 Å². The van der Waals surface area contributed by atoms with Gasteiger partial charge >= 0.3 is 0 Å². The number of nitrogens with one attached hydrogen (secondary N) is 1. The van der Waals surface area contributed by atoms with Gasteiger partial charge in [0, 0.05) is 46.2 Å².